The predicted octanol–water partition coefficient (Wildman–Crippen LogP) is 14.4. The van der Waals surface area contributed by atoms with E-state index in [0.29, 0.717) is 0 Å². The Balaban J connectivity index is 1.29. The lowest BCUT2D eigenvalue weighted by Crippen LogP contribution is -2.61. The standard InChI is InChI=1S/C55H47BN2S2/c1-34-30-47-53-48(31-34)58(46-23-25-50-40(27-29-60-50)52(46)36-16-12-9-13-17-36)44-21-19-38(55(5,6)7)33-42(44)56(53)41-32-37(54(2,3)4)18-20-43(41)57(47)45-22-24-49-39(26-28-59-49)51(45)35-14-10-8-11-15-35/h8-33H,1-7H3. The third-order valence-corrected chi connectivity index (χ3v) is 14.5. The van der Waals surface area contributed by atoms with Crippen LogP contribution < -0.4 is 26.2 Å². The molecule has 0 saturated carbocycles. The summed E-state index contributed by atoms with van der Waals surface area (Å²) in [5.74, 6) is 0. The second-order valence-electron chi connectivity index (χ2n) is 18.7. The normalized spacial score (nSPS) is 13.5. The van der Waals surface area contributed by atoms with Gasteiger partial charge in [-0.25, -0.2) is 0 Å². The fraction of sp³-hybridized carbons (Fsp3) is 0.164. The molecule has 60 heavy (non-hydrogen) atoms. The molecular formula is C55H47BN2S2. The molecule has 0 aliphatic carbocycles. The van der Waals surface area contributed by atoms with Crippen molar-refractivity contribution in [3.8, 4) is 22.3 Å². The second-order valence-corrected chi connectivity index (χ2v) is 20.6. The molecule has 5 heteroatoms. The molecule has 0 spiro atoms. The quantitative estimate of drug-likeness (QED) is 0.163. The maximum Gasteiger partial charge on any atom is 0.252 e. The molecule has 0 radical (unpaired) electrons. The summed E-state index contributed by atoms with van der Waals surface area (Å²) < 4.78 is 2.60. The van der Waals surface area contributed by atoms with Crippen molar-refractivity contribution < 1.29 is 0 Å². The van der Waals surface area contributed by atoms with Crippen molar-refractivity contribution in [3.63, 3.8) is 0 Å². The summed E-state index contributed by atoms with van der Waals surface area (Å²) in [6.07, 6.45) is 0. The van der Waals surface area contributed by atoms with Crippen molar-refractivity contribution >= 4 is 100 Å². The van der Waals surface area contributed by atoms with Gasteiger partial charge in [-0.3, -0.25) is 0 Å². The molecule has 0 unspecified atom stereocenters. The zero-order valence-corrected chi connectivity index (χ0v) is 36.9. The summed E-state index contributed by atoms with van der Waals surface area (Å²) in [6, 6.07) is 55.7. The average molecular weight is 811 g/mol. The molecule has 292 valence electrons. The molecule has 2 nitrogen and oxygen atoms in total. The molecule has 2 aromatic heterocycles. The molecule has 0 N–H and O–H groups in total. The van der Waals surface area contributed by atoms with Crippen LogP contribution in [0.3, 0.4) is 0 Å². The van der Waals surface area contributed by atoms with Crippen LogP contribution in [0.5, 0.6) is 0 Å². The zero-order chi connectivity index (χ0) is 41.1. The van der Waals surface area contributed by atoms with Gasteiger partial charge in [0.2, 0.25) is 0 Å². The van der Waals surface area contributed by atoms with Crippen LogP contribution in [0.4, 0.5) is 34.1 Å². The fourth-order valence-corrected chi connectivity index (χ4v) is 11.4. The Bertz CT molecular complexity index is 2940. The number of rotatable bonds is 4. The molecule has 0 fully saturated rings. The molecule has 2 aliphatic heterocycles. The van der Waals surface area contributed by atoms with Crippen LogP contribution in [0, 0.1) is 6.92 Å². The van der Waals surface area contributed by atoms with Gasteiger partial charge < -0.3 is 9.80 Å². The molecule has 4 heterocycles. The minimum Gasteiger partial charge on any atom is -0.311 e. The van der Waals surface area contributed by atoms with Gasteiger partial charge in [-0.2, -0.15) is 0 Å². The number of nitrogens with zero attached hydrogens (tertiary/aromatic N) is 2. The van der Waals surface area contributed by atoms with Crippen LogP contribution in [0.15, 0.2) is 156 Å². The van der Waals surface area contributed by atoms with Gasteiger partial charge in [-0.05, 0) is 133 Å². The van der Waals surface area contributed by atoms with Gasteiger partial charge in [0.25, 0.3) is 6.71 Å². The Hall–Kier alpha value is -5.88. The average Bonchev–Trinajstić information content (AvgIpc) is 3.93. The monoisotopic (exact) mass is 810 g/mol. The molecule has 0 amide bonds. The first-order chi connectivity index (χ1) is 29.0. The van der Waals surface area contributed by atoms with Crippen molar-refractivity contribution in [2.24, 2.45) is 0 Å². The number of hydrogen-bond donors (Lipinski definition) is 0. The van der Waals surface area contributed by atoms with Gasteiger partial charge in [0.1, 0.15) is 0 Å². The van der Waals surface area contributed by atoms with E-state index in [4.69, 9.17) is 0 Å². The van der Waals surface area contributed by atoms with E-state index in [9.17, 15) is 0 Å². The van der Waals surface area contributed by atoms with E-state index >= 15 is 0 Å². The largest absolute Gasteiger partial charge is 0.311 e. The van der Waals surface area contributed by atoms with Gasteiger partial charge in [-0.1, -0.05) is 126 Å². The van der Waals surface area contributed by atoms with E-state index in [1.54, 1.807) is 0 Å². The van der Waals surface area contributed by atoms with Crippen LogP contribution >= 0.6 is 22.7 Å². The topological polar surface area (TPSA) is 6.48 Å². The summed E-state index contributed by atoms with van der Waals surface area (Å²) in [4.78, 5) is 5.22. The van der Waals surface area contributed by atoms with Crippen molar-refractivity contribution in [3.05, 3.63) is 173 Å². The fourth-order valence-electron chi connectivity index (χ4n) is 9.85. The highest BCUT2D eigenvalue weighted by atomic mass is 32.1. The Morgan fingerprint density at radius 2 is 0.850 bits per heavy atom. The summed E-state index contributed by atoms with van der Waals surface area (Å²) in [5.41, 5.74) is 20.3. The van der Waals surface area contributed by atoms with Crippen molar-refractivity contribution in [2.45, 2.75) is 59.3 Å². The van der Waals surface area contributed by atoms with Crippen molar-refractivity contribution in [1.29, 1.82) is 0 Å². The zero-order valence-electron chi connectivity index (χ0n) is 35.3. The van der Waals surface area contributed by atoms with Crippen molar-refractivity contribution in [1.82, 2.24) is 0 Å². The van der Waals surface area contributed by atoms with Crippen LogP contribution in [-0.4, -0.2) is 6.71 Å². The third kappa shape index (κ3) is 5.74. The van der Waals surface area contributed by atoms with E-state index < -0.39 is 0 Å². The lowest BCUT2D eigenvalue weighted by atomic mass is 9.33. The number of fused-ring (bicyclic) bond motifs is 6. The highest BCUT2D eigenvalue weighted by Crippen LogP contribution is 2.51. The molecule has 0 saturated heterocycles. The number of benzene rings is 7. The van der Waals surface area contributed by atoms with E-state index in [2.05, 4.69) is 215 Å². The SMILES string of the molecule is Cc1cc2c3c(c1)N(c1ccc4sccc4c1-c1ccccc1)c1ccc(C(C)(C)C)cc1B3c1cc(C(C)(C)C)ccc1N2c1ccc2sccc2c1-c1ccccc1. The van der Waals surface area contributed by atoms with E-state index in [1.165, 1.54) is 110 Å². The second kappa shape index (κ2) is 13.6. The first kappa shape index (κ1) is 37.1. The highest BCUT2D eigenvalue weighted by Gasteiger charge is 2.45. The molecule has 2 aliphatic rings. The van der Waals surface area contributed by atoms with Crippen LogP contribution in [-0.2, 0) is 10.8 Å². The maximum atomic E-state index is 2.61. The lowest BCUT2D eigenvalue weighted by molar-refractivity contribution is 0.590. The number of thiophene rings is 2. The summed E-state index contributed by atoms with van der Waals surface area (Å²) in [5, 5.41) is 7.06. The summed E-state index contributed by atoms with van der Waals surface area (Å²) in [6.45, 7) is 16.4. The molecule has 0 atom stereocenters. The van der Waals surface area contributed by atoms with E-state index in [-0.39, 0.29) is 17.5 Å². The van der Waals surface area contributed by atoms with Crippen LogP contribution in [0.1, 0.15) is 58.2 Å². The Morgan fingerprint density at radius 1 is 0.433 bits per heavy atom. The number of anilines is 6. The smallest absolute Gasteiger partial charge is 0.252 e. The molecule has 11 rings (SSSR count). The van der Waals surface area contributed by atoms with Gasteiger partial charge in [0.15, 0.2) is 0 Å². The Labute approximate surface area is 362 Å². The third-order valence-electron chi connectivity index (χ3n) is 12.8. The summed E-state index contributed by atoms with van der Waals surface area (Å²) in [7, 11) is 0. The van der Waals surface area contributed by atoms with E-state index in [1.807, 2.05) is 22.7 Å². The Morgan fingerprint density at radius 3 is 1.27 bits per heavy atom. The van der Waals surface area contributed by atoms with Gasteiger partial charge in [0, 0.05) is 54.0 Å². The number of aryl methyl sites for hydroxylation is 1. The molecule has 0 bridgehead atoms. The first-order valence-electron chi connectivity index (χ1n) is 21.1. The minimum atomic E-state index is -0.0294. The van der Waals surface area contributed by atoms with Crippen LogP contribution in [0.25, 0.3) is 42.4 Å². The lowest BCUT2D eigenvalue weighted by Gasteiger charge is -2.45. The molecular weight excluding hydrogens is 764 g/mol. The molecule has 9 aromatic rings. The first-order valence-corrected chi connectivity index (χ1v) is 22.9. The van der Waals surface area contributed by atoms with E-state index in [0.717, 1.165) is 0 Å². The highest BCUT2D eigenvalue weighted by molar-refractivity contribution is 7.17. The predicted molar refractivity (Wildman–Crippen MR) is 264 cm³/mol. The van der Waals surface area contributed by atoms with Crippen LogP contribution in [0.2, 0.25) is 0 Å². The van der Waals surface area contributed by atoms with Gasteiger partial charge in [-0.15, -0.1) is 22.7 Å². The van der Waals surface area contributed by atoms with Gasteiger partial charge >= 0.3 is 0 Å². The maximum absolute atomic E-state index is 2.61. The van der Waals surface area contributed by atoms with Gasteiger partial charge in [0.05, 0.1) is 11.4 Å². The van der Waals surface area contributed by atoms with Crippen molar-refractivity contribution in [2.75, 3.05) is 9.80 Å². The Kier molecular flexibility index (Phi) is 8.40. The number of hydrogen-bond acceptors (Lipinski definition) is 4. The minimum absolute atomic E-state index is 0.0211. The molecule has 7 aromatic carbocycles. The summed E-state index contributed by atoms with van der Waals surface area (Å²) >= 11 is 3.63.